The molecular weight excluding hydrogens is 240 g/mol. The number of piperazine rings is 1. The maximum Gasteiger partial charge on any atom is 0.211 e. The van der Waals surface area contributed by atoms with Gasteiger partial charge in [-0.3, -0.25) is 0 Å². The maximum absolute atomic E-state index is 11.4. The third-order valence-electron chi connectivity index (χ3n) is 3.64. The van der Waals surface area contributed by atoms with Crippen molar-refractivity contribution < 1.29 is 13.5 Å². The predicted octanol–water partition coefficient (Wildman–Crippen LogP) is -0.0278. The Balaban J connectivity index is 2.48. The Bertz CT molecular complexity index is 331. The Morgan fingerprint density at radius 3 is 2.12 bits per heavy atom. The van der Waals surface area contributed by atoms with Gasteiger partial charge >= 0.3 is 0 Å². The number of hydrogen-bond acceptors (Lipinski definition) is 4. The van der Waals surface area contributed by atoms with E-state index in [9.17, 15) is 13.5 Å². The van der Waals surface area contributed by atoms with Crippen LogP contribution in [0.2, 0.25) is 0 Å². The van der Waals surface area contributed by atoms with Crippen LogP contribution < -0.4 is 0 Å². The molecule has 0 saturated carbocycles. The van der Waals surface area contributed by atoms with E-state index in [2.05, 4.69) is 18.7 Å². The molecule has 17 heavy (non-hydrogen) atoms. The number of hydrogen-bond donors (Lipinski definition) is 1. The fourth-order valence-electron chi connectivity index (χ4n) is 2.03. The number of nitrogens with zero attached hydrogens (tertiary/aromatic N) is 2. The van der Waals surface area contributed by atoms with Crippen LogP contribution in [0.25, 0.3) is 0 Å². The van der Waals surface area contributed by atoms with Gasteiger partial charge in [0.2, 0.25) is 10.0 Å². The summed E-state index contributed by atoms with van der Waals surface area (Å²) in [5, 5.41) is 9.36. The van der Waals surface area contributed by atoms with Gasteiger partial charge in [0.25, 0.3) is 0 Å². The average Bonchev–Trinajstić information content (AvgIpc) is 2.28. The molecule has 0 aromatic carbocycles. The van der Waals surface area contributed by atoms with Crippen LogP contribution in [0.3, 0.4) is 0 Å². The molecule has 0 spiro atoms. The zero-order valence-corrected chi connectivity index (χ0v) is 11.8. The van der Waals surface area contributed by atoms with Crippen LogP contribution in [-0.2, 0) is 10.0 Å². The van der Waals surface area contributed by atoms with Gasteiger partial charge in [-0.1, -0.05) is 13.8 Å². The Hall–Kier alpha value is -0.170. The molecule has 1 aliphatic rings. The Labute approximate surface area is 104 Å². The van der Waals surface area contributed by atoms with Crippen LogP contribution in [0.4, 0.5) is 0 Å². The maximum atomic E-state index is 11.4. The van der Waals surface area contributed by atoms with Crippen molar-refractivity contribution in [2.45, 2.75) is 20.3 Å². The zero-order chi connectivity index (χ0) is 13.1. The molecule has 0 radical (unpaired) electrons. The average molecular weight is 264 g/mol. The van der Waals surface area contributed by atoms with E-state index in [0.717, 1.165) is 26.1 Å². The van der Waals surface area contributed by atoms with Gasteiger partial charge in [0, 0.05) is 44.7 Å². The van der Waals surface area contributed by atoms with Gasteiger partial charge in [-0.05, 0) is 6.42 Å². The van der Waals surface area contributed by atoms with Gasteiger partial charge in [0.1, 0.15) is 0 Å². The van der Waals surface area contributed by atoms with E-state index in [1.54, 1.807) is 0 Å². The molecule has 6 heteroatoms. The smallest absolute Gasteiger partial charge is 0.211 e. The zero-order valence-electron chi connectivity index (χ0n) is 11.0. The predicted molar refractivity (Wildman–Crippen MR) is 68.3 cm³/mol. The minimum atomic E-state index is -3.05. The molecule has 0 amide bonds. The summed E-state index contributed by atoms with van der Waals surface area (Å²) in [6.07, 6.45) is 2.18. The monoisotopic (exact) mass is 264 g/mol. The van der Waals surface area contributed by atoms with Crippen molar-refractivity contribution >= 4 is 10.0 Å². The quantitative estimate of drug-likeness (QED) is 0.758. The molecule has 1 aliphatic heterocycles. The summed E-state index contributed by atoms with van der Waals surface area (Å²) in [6, 6.07) is 0. The Morgan fingerprint density at radius 2 is 1.76 bits per heavy atom. The van der Waals surface area contributed by atoms with E-state index < -0.39 is 10.0 Å². The summed E-state index contributed by atoms with van der Waals surface area (Å²) >= 11 is 0. The van der Waals surface area contributed by atoms with Crippen molar-refractivity contribution in [3.8, 4) is 0 Å². The first kappa shape index (κ1) is 14.9. The minimum Gasteiger partial charge on any atom is -0.396 e. The van der Waals surface area contributed by atoms with Crippen LogP contribution in [-0.4, -0.2) is 68.3 Å². The first-order valence-electron chi connectivity index (χ1n) is 6.09. The third-order valence-corrected chi connectivity index (χ3v) is 4.94. The van der Waals surface area contributed by atoms with E-state index >= 15 is 0 Å². The first-order chi connectivity index (χ1) is 7.80. The lowest BCUT2D eigenvalue weighted by atomic mass is 9.88. The molecule has 1 fully saturated rings. The summed E-state index contributed by atoms with van der Waals surface area (Å²) in [7, 11) is -3.05. The molecule has 0 aromatic rings. The Kier molecular flexibility index (Phi) is 4.95. The summed E-state index contributed by atoms with van der Waals surface area (Å²) in [5.41, 5.74) is -0.0761. The lowest BCUT2D eigenvalue weighted by Crippen LogP contribution is -2.51. The van der Waals surface area contributed by atoms with Gasteiger partial charge in [0.05, 0.1) is 6.26 Å². The topological polar surface area (TPSA) is 60.9 Å². The molecule has 1 N–H and O–H groups in total. The molecule has 0 aliphatic carbocycles. The molecular formula is C11H24N2O3S. The molecule has 1 rings (SSSR count). The third kappa shape index (κ3) is 4.21. The standard InChI is InChI=1S/C11H24N2O3S/c1-4-11(2,10-14)9-12-5-7-13(8-6-12)17(3,15)16/h14H,4-10H2,1-3H3. The lowest BCUT2D eigenvalue weighted by Gasteiger charge is -2.38. The molecule has 1 atom stereocenters. The Morgan fingerprint density at radius 1 is 1.24 bits per heavy atom. The highest BCUT2D eigenvalue weighted by Gasteiger charge is 2.28. The van der Waals surface area contributed by atoms with E-state index in [0.29, 0.717) is 13.1 Å². The van der Waals surface area contributed by atoms with E-state index in [4.69, 9.17) is 0 Å². The highest BCUT2D eigenvalue weighted by molar-refractivity contribution is 7.88. The number of sulfonamides is 1. The van der Waals surface area contributed by atoms with Gasteiger partial charge in [0.15, 0.2) is 0 Å². The van der Waals surface area contributed by atoms with Crippen molar-refractivity contribution in [3.63, 3.8) is 0 Å². The summed E-state index contributed by atoms with van der Waals surface area (Å²) in [5.74, 6) is 0. The molecule has 1 heterocycles. The van der Waals surface area contributed by atoms with Gasteiger partial charge < -0.3 is 10.0 Å². The van der Waals surface area contributed by atoms with E-state index in [-0.39, 0.29) is 12.0 Å². The summed E-state index contributed by atoms with van der Waals surface area (Å²) < 4.78 is 24.2. The summed E-state index contributed by atoms with van der Waals surface area (Å²) in [6.45, 7) is 7.77. The lowest BCUT2D eigenvalue weighted by molar-refractivity contribution is 0.0688. The number of rotatable bonds is 5. The van der Waals surface area contributed by atoms with E-state index in [1.807, 2.05) is 0 Å². The molecule has 1 unspecified atom stereocenters. The molecule has 5 nitrogen and oxygen atoms in total. The van der Waals surface area contributed by atoms with Crippen LogP contribution in [0.5, 0.6) is 0 Å². The minimum absolute atomic E-state index is 0.0761. The highest BCUT2D eigenvalue weighted by Crippen LogP contribution is 2.22. The van der Waals surface area contributed by atoms with Gasteiger partial charge in [-0.2, -0.15) is 4.31 Å². The number of aliphatic hydroxyl groups excluding tert-OH is 1. The number of aliphatic hydroxyl groups is 1. The van der Waals surface area contributed by atoms with Crippen molar-refractivity contribution in [1.29, 1.82) is 0 Å². The van der Waals surface area contributed by atoms with Crippen molar-refractivity contribution in [3.05, 3.63) is 0 Å². The fourth-order valence-corrected chi connectivity index (χ4v) is 2.86. The summed E-state index contributed by atoms with van der Waals surface area (Å²) in [4.78, 5) is 2.24. The molecule has 102 valence electrons. The second kappa shape index (κ2) is 5.65. The van der Waals surface area contributed by atoms with Crippen LogP contribution in [0.1, 0.15) is 20.3 Å². The van der Waals surface area contributed by atoms with Crippen LogP contribution >= 0.6 is 0 Å². The molecule has 1 saturated heterocycles. The fraction of sp³-hybridized carbons (Fsp3) is 1.00. The van der Waals surface area contributed by atoms with E-state index in [1.165, 1.54) is 10.6 Å². The molecule has 0 aromatic heterocycles. The van der Waals surface area contributed by atoms with Crippen molar-refractivity contribution in [2.75, 3.05) is 45.6 Å². The second-order valence-electron chi connectivity index (χ2n) is 5.26. The SMILES string of the molecule is CCC(C)(CO)CN1CCN(S(C)(=O)=O)CC1. The van der Waals surface area contributed by atoms with Gasteiger partial charge in [-0.25, -0.2) is 8.42 Å². The van der Waals surface area contributed by atoms with Gasteiger partial charge in [-0.15, -0.1) is 0 Å². The first-order valence-corrected chi connectivity index (χ1v) is 7.94. The van der Waals surface area contributed by atoms with Crippen molar-refractivity contribution in [1.82, 2.24) is 9.21 Å². The molecule has 0 bridgehead atoms. The highest BCUT2D eigenvalue weighted by atomic mass is 32.2. The second-order valence-corrected chi connectivity index (χ2v) is 7.24. The van der Waals surface area contributed by atoms with Crippen molar-refractivity contribution in [2.24, 2.45) is 5.41 Å². The van der Waals surface area contributed by atoms with Crippen LogP contribution in [0.15, 0.2) is 0 Å². The van der Waals surface area contributed by atoms with Crippen LogP contribution in [0, 0.1) is 5.41 Å². The largest absolute Gasteiger partial charge is 0.396 e. The normalized spacial score (nSPS) is 23.5.